The molecule has 0 bridgehead atoms. The van der Waals surface area contributed by atoms with Crippen molar-refractivity contribution < 1.29 is 40.2 Å². The molecule has 1 saturated heterocycles. The number of carboxylic acid groups (broad SMARTS) is 1. The number of aliphatic hydroxyl groups excluding tert-OH is 3. The minimum absolute atomic E-state index is 0. The van der Waals surface area contributed by atoms with Crippen molar-refractivity contribution in [1.82, 2.24) is 0 Å². The van der Waals surface area contributed by atoms with Crippen LogP contribution in [-0.4, -0.2) is 62.6 Å². The lowest BCUT2D eigenvalue weighted by Gasteiger charge is -2.38. The van der Waals surface area contributed by atoms with Gasteiger partial charge in [-0.15, -0.1) is 0 Å². The van der Waals surface area contributed by atoms with Gasteiger partial charge in [0.15, 0.2) is 6.10 Å². The smallest absolute Gasteiger partial charge is 0.335 e. The molecule has 5 atom stereocenters. The zero-order valence-corrected chi connectivity index (χ0v) is 10.3. The van der Waals surface area contributed by atoms with Crippen LogP contribution in [0.25, 0.3) is 0 Å². The van der Waals surface area contributed by atoms with Gasteiger partial charge in [-0.1, -0.05) is 18.2 Å². The summed E-state index contributed by atoms with van der Waals surface area (Å²) >= 11 is 0. The van der Waals surface area contributed by atoms with E-state index in [1.54, 1.807) is 30.3 Å². The largest absolute Gasteiger partial charge is 0.479 e. The van der Waals surface area contributed by atoms with Crippen molar-refractivity contribution in [3.05, 3.63) is 30.3 Å². The van der Waals surface area contributed by atoms with E-state index < -0.39 is 36.7 Å². The van der Waals surface area contributed by atoms with Crippen molar-refractivity contribution in [3.63, 3.8) is 0 Å². The number of carboxylic acids is 1. The molecule has 20 heavy (non-hydrogen) atoms. The highest BCUT2D eigenvalue weighted by Crippen LogP contribution is 2.24. The van der Waals surface area contributed by atoms with Gasteiger partial charge in [0.25, 0.3) is 0 Å². The van der Waals surface area contributed by atoms with Crippen LogP contribution in [0.4, 0.5) is 0 Å². The van der Waals surface area contributed by atoms with Crippen molar-refractivity contribution in [2.75, 3.05) is 0 Å². The molecule has 0 aromatic heterocycles. The van der Waals surface area contributed by atoms with Gasteiger partial charge in [0, 0.05) is 0 Å². The number of benzene rings is 1. The van der Waals surface area contributed by atoms with E-state index in [0.29, 0.717) is 5.75 Å². The fourth-order valence-electron chi connectivity index (χ4n) is 1.78. The lowest BCUT2D eigenvalue weighted by Crippen LogP contribution is -2.61. The van der Waals surface area contributed by atoms with Crippen LogP contribution < -0.4 is 4.74 Å². The summed E-state index contributed by atoms with van der Waals surface area (Å²) in [4.78, 5) is 10.9. The molecule has 0 saturated carbocycles. The van der Waals surface area contributed by atoms with Crippen LogP contribution in [-0.2, 0) is 9.53 Å². The van der Waals surface area contributed by atoms with E-state index in [9.17, 15) is 20.1 Å². The second kappa shape index (κ2) is 6.64. The number of aliphatic carboxylic acids is 1. The molecule has 0 amide bonds. The Morgan fingerprint density at radius 2 is 1.65 bits per heavy atom. The Bertz CT molecular complexity index is 436. The first kappa shape index (κ1) is 16.3. The zero-order valence-electron chi connectivity index (χ0n) is 10.3. The first-order valence-electron chi connectivity index (χ1n) is 5.65. The fourth-order valence-corrected chi connectivity index (χ4v) is 1.78. The number of para-hydroxylation sites is 1. The minimum Gasteiger partial charge on any atom is -0.479 e. The quantitative estimate of drug-likeness (QED) is 0.509. The predicted molar refractivity (Wildman–Crippen MR) is 65.0 cm³/mol. The van der Waals surface area contributed by atoms with Crippen LogP contribution in [0, 0.1) is 0 Å². The first-order chi connectivity index (χ1) is 9.00. The summed E-state index contributed by atoms with van der Waals surface area (Å²) in [5.74, 6) is -1.10. The second-order valence-corrected chi connectivity index (χ2v) is 4.17. The van der Waals surface area contributed by atoms with Gasteiger partial charge in [0.2, 0.25) is 6.29 Å². The molecule has 1 heterocycles. The SMILES string of the molecule is O.O=C(O)[C@H]1O[C@@H](Oc2ccccc2)[C@H](O)[C@@H](O)[C@@H]1O. The molecule has 1 aromatic carbocycles. The van der Waals surface area contributed by atoms with Crippen LogP contribution in [0.15, 0.2) is 30.3 Å². The molecule has 0 aliphatic carbocycles. The van der Waals surface area contributed by atoms with Gasteiger partial charge in [0.1, 0.15) is 24.1 Å². The van der Waals surface area contributed by atoms with Crippen LogP contribution in [0.5, 0.6) is 5.75 Å². The highest BCUT2D eigenvalue weighted by atomic mass is 16.7. The topological polar surface area (TPSA) is 148 Å². The zero-order chi connectivity index (χ0) is 14.0. The summed E-state index contributed by atoms with van der Waals surface area (Å²) < 4.78 is 10.2. The van der Waals surface area contributed by atoms with Gasteiger partial charge in [-0.25, -0.2) is 4.79 Å². The third kappa shape index (κ3) is 3.24. The minimum atomic E-state index is -1.72. The molecule has 1 aromatic rings. The molecule has 1 fully saturated rings. The van der Waals surface area contributed by atoms with E-state index in [1.165, 1.54) is 0 Å². The average molecular weight is 288 g/mol. The van der Waals surface area contributed by atoms with E-state index >= 15 is 0 Å². The molecule has 0 unspecified atom stereocenters. The highest BCUT2D eigenvalue weighted by molar-refractivity contribution is 5.73. The van der Waals surface area contributed by atoms with E-state index in [4.69, 9.17) is 14.6 Å². The standard InChI is InChI=1S/C12H14O7.H2O/c13-7-8(14)10(11(16)17)19-12(9(7)15)18-6-4-2-1-3-5-6;/h1-5,7-10,12-15H,(H,16,17);1H2/t7-,8-,9+,10-,12+;/m0./s1. The lowest BCUT2D eigenvalue weighted by molar-refractivity contribution is -0.271. The van der Waals surface area contributed by atoms with Crippen LogP contribution in [0.2, 0.25) is 0 Å². The maximum atomic E-state index is 10.9. The van der Waals surface area contributed by atoms with Crippen molar-refractivity contribution in [2.24, 2.45) is 0 Å². The molecule has 2 rings (SSSR count). The van der Waals surface area contributed by atoms with Crippen molar-refractivity contribution in [1.29, 1.82) is 0 Å². The number of hydrogen-bond donors (Lipinski definition) is 4. The van der Waals surface area contributed by atoms with Gasteiger partial charge in [-0.2, -0.15) is 0 Å². The summed E-state index contributed by atoms with van der Waals surface area (Å²) in [6, 6.07) is 8.30. The third-order valence-electron chi connectivity index (χ3n) is 2.81. The second-order valence-electron chi connectivity index (χ2n) is 4.17. The number of ether oxygens (including phenoxy) is 2. The summed E-state index contributed by atoms with van der Waals surface area (Å²) in [5.41, 5.74) is 0. The Hall–Kier alpha value is -1.71. The van der Waals surface area contributed by atoms with E-state index in [1.807, 2.05) is 0 Å². The Kier molecular flexibility index (Phi) is 5.43. The van der Waals surface area contributed by atoms with Crippen molar-refractivity contribution in [3.8, 4) is 5.75 Å². The summed E-state index contributed by atoms with van der Waals surface area (Å²) in [6.07, 6.45) is -7.97. The van der Waals surface area contributed by atoms with E-state index in [2.05, 4.69) is 0 Å². The maximum Gasteiger partial charge on any atom is 0.335 e. The van der Waals surface area contributed by atoms with E-state index in [-0.39, 0.29) is 5.48 Å². The van der Waals surface area contributed by atoms with Gasteiger partial charge in [-0.05, 0) is 12.1 Å². The number of carbonyl (C=O) groups is 1. The fraction of sp³-hybridized carbons (Fsp3) is 0.417. The lowest BCUT2D eigenvalue weighted by atomic mass is 9.99. The molecule has 0 radical (unpaired) electrons. The molecule has 1 aliphatic rings. The monoisotopic (exact) mass is 288 g/mol. The summed E-state index contributed by atoms with van der Waals surface area (Å²) in [5, 5.41) is 37.7. The van der Waals surface area contributed by atoms with Crippen LogP contribution >= 0.6 is 0 Å². The third-order valence-corrected chi connectivity index (χ3v) is 2.81. The molecular weight excluding hydrogens is 272 g/mol. The molecule has 8 heteroatoms. The highest BCUT2D eigenvalue weighted by Gasteiger charge is 2.48. The molecule has 0 spiro atoms. The Balaban J connectivity index is 0.00000200. The molecule has 1 aliphatic heterocycles. The van der Waals surface area contributed by atoms with Crippen LogP contribution in [0.1, 0.15) is 0 Å². The summed E-state index contributed by atoms with van der Waals surface area (Å²) in [7, 11) is 0. The Morgan fingerprint density at radius 1 is 1.05 bits per heavy atom. The van der Waals surface area contributed by atoms with Gasteiger partial charge in [0.05, 0.1) is 0 Å². The number of aliphatic hydroxyl groups is 3. The molecule has 8 nitrogen and oxygen atoms in total. The van der Waals surface area contributed by atoms with Gasteiger partial charge < -0.3 is 35.4 Å². The van der Waals surface area contributed by atoms with Gasteiger partial charge in [-0.3, -0.25) is 0 Å². The molecular formula is C12H16O8. The molecule has 112 valence electrons. The first-order valence-corrected chi connectivity index (χ1v) is 5.65. The van der Waals surface area contributed by atoms with Crippen LogP contribution in [0.3, 0.4) is 0 Å². The number of hydrogen-bond acceptors (Lipinski definition) is 6. The Morgan fingerprint density at radius 3 is 2.20 bits per heavy atom. The normalized spacial score (nSPS) is 33.0. The van der Waals surface area contributed by atoms with E-state index in [0.717, 1.165) is 0 Å². The maximum absolute atomic E-state index is 10.9. The summed E-state index contributed by atoms with van der Waals surface area (Å²) in [6.45, 7) is 0. The van der Waals surface area contributed by atoms with Crippen molar-refractivity contribution >= 4 is 5.97 Å². The molecule has 6 N–H and O–H groups in total. The average Bonchev–Trinajstić information content (AvgIpc) is 2.40. The number of rotatable bonds is 3. The predicted octanol–water partition coefficient (Wildman–Crippen LogP) is -1.87. The van der Waals surface area contributed by atoms with Gasteiger partial charge >= 0.3 is 5.97 Å². The Labute approximate surface area is 114 Å². The van der Waals surface area contributed by atoms with Crippen molar-refractivity contribution in [2.45, 2.75) is 30.7 Å².